The summed E-state index contributed by atoms with van der Waals surface area (Å²) in [4.78, 5) is 15.6. The Labute approximate surface area is 186 Å². The Morgan fingerprint density at radius 1 is 1.27 bits per heavy atom. The zero-order valence-electron chi connectivity index (χ0n) is 18.7. The highest BCUT2D eigenvalue weighted by molar-refractivity contribution is 5.85. The van der Waals surface area contributed by atoms with E-state index in [1.54, 1.807) is 7.11 Å². The number of aromatic nitrogens is 2. The van der Waals surface area contributed by atoms with E-state index in [2.05, 4.69) is 48.2 Å². The molecule has 1 N–H and O–H groups in total. The fraction of sp³-hybridized carbons (Fsp3) is 0.565. The van der Waals surface area contributed by atoms with Crippen molar-refractivity contribution in [1.82, 2.24) is 20.0 Å². The molecule has 1 aliphatic heterocycles. The quantitative estimate of drug-likeness (QED) is 0.726. The number of ether oxygens (including phenoxy) is 1. The van der Waals surface area contributed by atoms with Crippen LogP contribution in [0.1, 0.15) is 37.8 Å². The van der Waals surface area contributed by atoms with Gasteiger partial charge in [0.15, 0.2) is 0 Å². The Morgan fingerprint density at radius 3 is 2.53 bits per heavy atom. The zero-order valence-corrected chi connectivity index (χ0v) is 19.5. The molecule has 1 amide bonds. The molecule has 0 aliphatic carbocycles. The Morgan fingerprint density at radius 2 is 1.97 bits per heavy atom. The van der Waals surface area contributed by atoms with Gasteiger partial charge in [-0.2, -0.15) is 5.10 Å². The Kier molecular flexibility index (Phi) is 8.33. The first-order chi connectivity index (χ1) is 13.8. The molecule has 1 aromatic carbocycles. The summed E-state index contributed by atoms with van der Waals surface area (Å²) in [7, 11) is 3.59. The lowest BCUT2D eigenvalue weighted by Crippen LogP contribution is -2.44. The van der Waals surface area contributed by atoms with E-state index >= 15 is 0 Å². The molecule has 0 saturated carbocycles. The van der Waals surface area contributed by atoms with Crippen LogP contribution in [-0.4, -0.2) is 53.9 Å². The molecule has 0 bridgehead atoms. The Bertz CT molecular complexity index is 813. The first-order valence-corrected chi connectivity index (χ1v) is 10.4. The van der Waals surface area contributed by atoms with Crippen LogP contribution in [0.25, 0.3) is 0 Å². The summed E-state index contributed by atoms with van der Waals surface area (Å²) in [6, 6.07) is 8.11. The molecule has 0 radical (unpaired) electrons. The minimum atomic E-state index is -0.0441. The van der Waals surface area contributed by atoms with E-state index in [4.69, 9.17) is 4.74 Å². The first-order valence-electron chi connectivity index (χ1n) is 10.4. The number of hydrogen-bond acceptors (Lipinski definition) is 4. The van der Waals surface area contributed by atoms with Gasteiger partial charge >= 0.3 is 0 Å². The molecule has 0 unspecified atom stereocenters. The first kappa shape index (κ1) is 24.2. The van der Waals surface area contributed by atoms with Crippen molar-refractivity contribution in [2.24, 2.45) is 18.4 Å². The van der Waals surface area contributed by atoms with Gasteiger partial charge in [-0.1, -0.05) is 32.9 Å². The largest absolute Gasteiger partial charge is 0.497 e. The molecule has 3 rings (SSSR count). The summed E-state index contributed by atoms with van der Waals surface area (Å²) < 4.78 is 7.05. The van der Waals surface area contributed by atoms with Gasteiger partial charge in [-0.3, -0.25) is 9.48 Å². The van der Waals surface area contributed by atoms with E-state index in [1.165, 1.54) is 5.56 Å². The second kappa shape index (κ2) is 10.3. The maximum absolute atomic E-state index is 13.6. The predicted molar refractivity (Wildman–Crippen MR) is 122 cm³/mol. The maximum atomic E-state index is 13.6. The third-order valence-corrected chi connectivity index (χ3v) is 5.49. The average Bonchev–Trinajstić information content (AvgIpc) is 3.32. The van der Waals surface area contributed by atoms with Crippen LogP contribution in [0.4, 0.5) is 0 Å². The highest BCUT2D eigenvalue weighted by atomic mass is 35.5. The number of hydrogen-bond donors (Lipinski definition) is 1. The lowest BCUT2D eigenvalue weighted by atomic mass is 9.88. The van der Waals surface area contributed by atoms with E-state index < -0.39 is 0 Å². The van der Waals surface area contributed by atoms with Crippen molar-refractivity contribution >= 4 is 18.3 Å². The molecule has 7 heteroatoms. The van der Waals surface area contributed by atoms with Gasteiger partial charge in [0, 0.05) is 45.3 Å². The normalized spacial score (nSPS) is 18.7. The van der Waals surface area contributed by atoms with Gasteiger partial charge in [-0.25, -0.2) is 0 Å². The van der Waals surface area contributed by atoms with Crippen LogP contribution in [0, 0.1) is 11.3 Å². The summed E-state index contributed by atoms with van der Waals surface area (Å²) in [5.41, 5.74) is 2.40. The van der Waals surface area contributed by atoms with Gasteiger partial charge in [0.05, 0.1) is 19.2 Å². The van der Waals surface area contributed by atoms with Crippen LogP contribution in [0.15, 0.2) is 36.7 Å². The molecule has 2 atom stereocenters. The van der Waals surface area contributed by atoms with Crippen molar-refractivity contribution in [3.8, 4) is 5.75 Å². The molecule has 1 aliphatic rings. The molecule has 1 aromatic heterocycles. The number of aryl methyl sites for hydroxylation is 1. The highest BCUT2D eigenvalue weighted by Gasteiger charge is 2.37. The van der Waals surface area contributed by atoms with Crippen LogP contribution in [-0.2, 0) is 18.3 Å². The average molecular weight is 435 g/mol. The van der Waals surface area contributed by atoms with Crippen LogP contribution in [0.3, 0.4) is 0 Å². The maximum Gasteiger partial charge on any atom is 0.227 e. The highest BCUT2D eigenvalue weighted by Crippen LogP contribution is 2.30. The number of nitrogens with zero attached hydrogens (tertiary/aromatic N) is 3. The summed E-state index contributed by atoms with van der Waals surface area (Å²) in [5, 5.41) is 7.72. The minimum Gasteiger partial charge on any atom is -0.497 e. The van der Waals surface area contributed by atoms with Crippen LogP contribution >= 0.6 is 12.4 Å². The van der Waals surface area contributed by atoms with E-state index in [-0.39, 0.29) is 35.6 Å². The van der Waals surface area contributed by atoms with E-state index in [0.29, 0.717) is 0 Å². The van der Waals surface area contributed by atoms with Crippen molar-refractivity contribution in [2.75, 3.05) is 33.3 Å². The predicted octanol–water partition coefficient (Wildman–Crippen LogP) is 3.27. The van der Waals surface area contributed by atoms with Crippen molar-refractivity contribution in [2.45, 2.75) is 33.1 Å². The zero-order chi connectivity index (χ0) is 21.0. The monoisotopic (exact) mass is 434 g/mol. The number of rotatable bonds is 7. The van der Waals surface area contributed by atoms with Gasteiger partial charge < -0.3 is 15.0 Å². The SMILES string of the molecule is COc1ccc(CCN(CC(C)(C)C)C(=O)[C@H]2CNC[C@@H]2c2cnn(C)c2)cc1.Cl. The van der Waals surface area contributed by atoms with Crippen molar-refractivity contribution in [3.63, 3.8) is 0 Å². The smallest absolute Gasteiger partial charge is 0.227 e. The Hall–Kier alpha value is -2.05. The number of carbonyl (C=O) groups is 1. The van der Waals surface area contributed by atoms with E-state index in [9.17, 15) is 4.79 Å². The van der Waals surface area contributed by atoms with Gasteiger partial charge in [0.2, 0.25) is 5.91 Å². The standard InChI is InChI=1S/C23H34N4O2.ClH/c1-23(2,3)16-27(11-10-17-6-8-19(29-5)9-7-17)22(28)21-14-24-13-20(21)18-12-25-26(4)15-18;/h6-9,12,15,20-21,24H,10-11,13-14,16H2,1-5H3;1H/t20-,21+;/m1./s1. The second-order valence-corrected chi connectivity index (χ2v) is 9.24. The topological polar surface area (TPSA) is 59.4 Å². The van der Waals surface area contributed by atoms with Gasteiger partial charge in [0.1, 0.15) is 5.75 Å². The second-order valence-electron chi connectivity index (χ2n) is 9.24. The third-order valence-electron chi connectivity index (χ3n) is 5.49. The molecule has 0 spiro atoms. The third kappa shape index (κ3) is 6.22. The molecule has 166 valence electrons. The molecular weight excluding hydrogens is 400 g/mol. The Balaban J connectivity index is 0.00000320. The number of methoxy groups -OCH3 is 1. The number of carbonyl (C=O) groups excluding carboxylic acids is 1. The molecule has 30 heavy (non-hydrogen) atoms. The minimum absolute atomic E-state index is 0. The molecule has 6 nitrogen and oxygen atoms in total. The summed E-state index contributed by atoms with van der Waals surface area (Å²) in [6.45, 7) is 9.58. The molecular formula is C23H35ClN4O2. The summed E-state index contributed by atoms with van der Waals surface area (Å²) >= 11 is 0. The number of benzene rings is 1. The lowest BCUT2D eigenvalue weighted by Gasteiger charge is -2.33. The van der Waals surface area contributed by atoms with Gasteiger partial charge in [-0.15, -0.1) is 12.4 Å². The molecule has 2 aromatic rings. The number of halogens is 1. The van der Waals surface area contributed by atoms with Crippen LogP contribution in [0.5, 0.6) is 5.75 Å². The fourth-order valence-electron chi connectivity index (χ4n) is 4.05. The number of nitrogens with one attached hydrogen (secondary N) is 1. The molecule has 1 saturated heterocycles. The van der Waals surface area contributed by atoms with Gasteiger partial charge in [-0.05, 0) is 35.1 Å². The lowest BCUT2D eigenvalue weighted by molar-refractivity contribution is -0.136. The van der Waals surface area contributed by atoms with Crippen molar-refractivity contribution in [3.05, 3.63) is 47.8 Å². The van der Waals surface area contributed by atoms with Crippen molar-refractivity contribution in [1.29, 1.82) is 0 Å². The van der Waals surface area contributed by atoms with Gasteiger partial charge in [0.25, 0.3) is 0 Å². The summed E-state index contributed by atoms with van der Waals surface area (Å²) in [5.74, 6) is 1.23. The fourth-order valence-corrected chi connectivity index (χ4v) is 4.05. The molecule has 1 fully saturated rings. The van der Waals surface area contributed by atoms with Crippen molar-refractivity contribution < 1.29 is 9.53 Å². The molecule has 2 heterocycles. The van der Waals surface area contributed by atoms with Crippen LogP contribution < -0.4 is 10.1 Å². The van der Waals surface area contributed by atoms with Crippen LogP contribution in [0.2, 0.25) is 0 Å². The number of amides is 1. The van der Waals surface area contributed by atoms with E-state index in [1.807, 2.05) is 36.3 Å². The van der Waals surface area contributed by atoms with E-state index in [0.717, 1.165) is 43.9 Å². The summed E-state index contributed by atoms with van der Waals surface area (Å²) in [6.07, 6.45) is 4.76.